The number of benzene rings is 1. The molecule has 0 atom stereocenters. The number of piperazine rings is 1. The molecular weight excluding hydrogens is 415 g/mol. The molecule has 4 nitrogen and oxygen atoms in total. The monoisotopic (exact) mass is 441 g/mol. The zero-order valence-corrected chi connectivity index (χ0v) is 18.0. The molecule has 8 heteroatoms. The van der Waals surface area contributed by atoms with Crippen LogP contribution in [0.4, 0.5) is 19.0 Å². The van der Waals surface area contributed by atoms with Crippen molar-refractivity contribution in [2.45, 2.75) is 45.0 Å². The third-order valence-corrected chi connectivity index (χ3v) is 6.24. The summed E-state index contributed by atoms with van der Waals surface area (Å²) < 4.78 is 44.6. The molecule has 0 bridgehead atoms. The van der Waals surface area contributed by atoms with Gasteiger partial charge in [-0.3, -0.25) is 0 Å². The highest BCUT2D eigenvalue weighted by Crippen LogP contribution is 2.34. The third-order valence-electron chi connectivity index (χ3n) is 5.95. The van der Waals surface area contributed by atoms with Gasteiger partial charge < -0.3 is 9.64 Å². The van der Waals surface area contributed by atoms with Crippen LogP contribution in [-0.2, 0) is 19.1 Å². The van der Waals surface area contributed by atoms with Crippen molar-refractivity contribution in [2.75, 3.05) is 31.1 Å². The predicted octanol–water partition coefficient (Wildman–Crippen LogP) is 3.18. The number of aromatic amines is 1. The van der Waals surface area contributed by atoms with Crippen LogP contribution in [0.2, 0.25) is 5.02 Å². The van der Waals surface area contributed by atoms with Crippen LogP contribution in [0, 0.1) is 0 Å². The van der Waals surface area contributed by atoms with Crippen molar-refractivity contribution < 1.29 is 27.8 Å². The number of nitrogens with one attached hydrogen (secondary N) is 2. The maximum Gasteiger partial charge on any atom is 0.419 e. The van der Waals surface area contributed by atoms with Crippen LogP contribution in [0.25, 0.3) is 0 Å². The number of hydrogen-bond donors (Lipinski definition) is 1. The number of ether oxygens (including phenoxy) is 1. The van der Waals surface area contributed by atoms with Crippen LogP contribution in [0.3, 0.4) is 0 Å². The number of anilines is 1. The fourth-order valence-corrected chi connectivity index (χ4v) is 4.49. The van der Waals surface area contributed by atoms with Crippen LogP contribution in [0.5, 0.6) is 5.75 Å². The first-order chi connectivity index (χ1) is 14.1. The molecule has 0 radical (unpaired) electrons. The number of H-pyrrole nitrogens is 1. The topological polar surface area (TPSA) is 31.1 Å². The van der Waals surface area contributed by atoms with E-state index in [1.165, 1.54) is 16.0 Å². The molecule has 2 aromatic rings. The first-order valence-corrected chi connectivity index (χ1v) is 10.7. The summed E-state index contributed by atoms with van der Waals surface area (Å²) >= 11 is 6.13. The van der Waals surface area contributed by atoms with Crippen LogP contribution in [-0.4, -0.2) is 31.8 Å². The van der Waals surface area contributed by atoms with Crippen molar-refractivity contribution in [1.29, 1.82) is 0 Å². The lowest BCUT2D eigenvalue weighted by atomic mass is 9.93. The highest BCUT2D eigenvalue weighted by Gasteiger charge is 2.35. The Balaban J connectivity index is 1.36. The standard InChI is InChI=1S/C22H25ClF3N3O/c1-21(2)6-5-16-11-15(3-4-19(16)30-21)14-28-7-9-29(10-8-28)20-18(23)12-17(13-27-20)22(24,25)26/h3-4,11-13H,5-10,14H2,1-2H3/p+2. The van der Waals surface area contributed by atoms with Gasteiger partial charge in [0, 0.05) is 5.56 Å². The predicted molar refractivity (Wildman–Crippen MR) is 109 cm³/mol. The molecule has 0 aliphatic carbocycles. The number of pyridine rings is 1. The van der Waals surface area contributed by atoms with E-state index in [1.54, 1.807) is 0 Å². The van der Waals surface area contributed by atoms with Crippen molar-refractivity contribution in [2.24, 2.45) is 0 Å². The van der Waals surface area contributed by atoms with Gasteiger partial charge in [0.05, 0.1) is 5.56 Å². The minimum Gasteiger partial charge on any atom is -0.488 e. The molecule has 1 fully saturated rings. The van der Waals surface area contributed by atoms with Gasteiger partial charge in [-0.15, -0.1) is 0 Å². The average molecular weight is 442 g/mol. The second-order valence-corrected chi connectivity index (χ2v) is 9.21. The molecule has 30 heavy (non-hydrogen) atoms. The highest BCUT2D eigenvalue weighted by atomic mass is 35.5. The first-order valence-electron chi connectivity index (χ1n) is 10.3. The molecule has 4 rings (SSSR count). The largest absolute Gasteiger partial charge is 0.488 e. The second kappa shape index (κ2) is 7.93. The Hall–Kier alpha value is -1.99. The fraction of sp³-hybridized carbons (Fsp3) is 0.500. The number of hydrogen-bond acceptors (Lipinski definition) is 2. The van der Waals surface area contributed by atoms with Crippen molar-refractivity contribution in [3.05, 3.63) is 52.2 Å². The Kier molecular flexibility index (Phi) is 5.62. The van der Waals surface area contributed by atoms with E-state index in [0.717, 1.165) is 63.6 Å². The van der Waals surface area contributed by atoms with Gasteiger partial charge in [-0.1, -0.05) is 11.6 Å². The zero-order chi connectivity index (χ0) is 21.5. The molecule has 2 aliphatic heterocycles. The van der Waals surface area contributed by atoms with E-state index in [0.29, 0.717) is 5.82 Å². The van der Waals surface area contributed by atoms with Gasteiger partial charge in [-0.25, -0.2) is 9.88 Å². The molecule has 0 spiro atoms. The van der Waals surface area contributed by atoms with Crippen LogP contribution < -0.4 is 19.5 Å². The van der Waals surface area contributed by atoms with Crippen molar-refractivity contribution in [3.8, 4) is 5.75 Å². The number of halogens is 4. The van der Waals surface area contributed by atoms with Gasteiger partial charge in [-0.2, -0.15) is 13.2 Å². The molecular formula is C22H27ClF3N3O+2. The summed E-state index contributed by atoms with van der Waals surface area (Å²) in [6.07, 6.45) is -1.38. The quantitative estimate of drug-likeness (QED) is 0.793. The number of aryl methyl sites for hydroxylation is 1. The lowest BCUT2D eigenvalue weighted by Crippen LogP contribution is -3.13. The summed E-state index contributed by atoms with van der Waals surface area (Å²) in [4.78, 5) is 6.21. The molecule has 0 saturated carbocycles. The summed E-state index contributed by atoms with van der Waals surface area (Å²) in [6.45, 7) is 8.42. The Morgan fingerprint density at radius 3 is 2.60 bits per heavy atom. The van der Waals surface area contributed by atoms with E-state index in [9.17, 15) is 13.2 Å². The number of alkyl halides is 3. The molecule has 2 N–H and O–H groups in total. The number of fused-ring (bicyclic) bond motifs is 1. The van der Waals surface area contributed by atoms with E-state index in [1.807, 2.05) is 4.90 Å². The SMILES string of the molecule is CC1(C)CCc2cc(C[NH+]3CCN(c4[nH+]cc(C(F)(F)F)cc4Cl)CC3)ccc2O1. The van der Waals surface area contributed by atoms with Gasteiger partial charge >= 0.3 is 6.18 Å². The van der Waals surface area contributed by atoms with Crippen molar-refractivity contribution >= 4 is 17.4 Å². The van der Waals surface area contributed by atoms with E-state index in [2.05, 4.69) is 37.0 Å². The molecule has 2 aliphatic rings. The minimum atomic E-state index is -4.41. The third kappa shape index (κ3) is 4.67. The van der Waals surface area contributed by atoms with E-state index in [-0.39, 0.29) is 10.6 Å². The van der Waals surface area contributed by atoms with Gasteiger partial charge in [0.2, 0.25) is 0 Å². The first kappa shape index (κ1) is 21.2. The highest BCUT2D eigenvalue weighted by molar-refractivity contribution is 6.32. The zero-order valence-electron chi connectivity index (χ0n) is 17.2. The number of nitrogens with zero attached hydrogens (tertiary/aromatic N) is 1. The van der Waals surface area contributed by atoms with Crippen LogP contribution in [0.1, 0.15) is 37.0 Å². The normalized spacial score (nSPS) is 19.3. The smallest absolute Gasteiger partial charge is 0.419 e. The lowest BCUT2D eigenvalue weighted by molar-refractivity contribution is -0.914. The Morgan fingerprint density at radius 2 is 1.93 bits per heavy atom. The average Bonchev–Trinajstić information content (AvgIpc) is 2.68. The molecule has 1 aromatic carbocycles. The summed E-state index contributed by atoms with van der Waals surface area (Å²) in [6, 6.07) is 7.46. The lowest BCUT2D eigenvalue weighted by Gasteiger charge is -2.33. The van der Waals surface area contributed by atoms with Gasteiger partial charge in [-0.05, 0) is 56.5 Å². The fourth-order valence-electron chi connectivity index (χ4n) is 4.20. The molecule has 0 amide bonds. The van der Waals surface area contributed by atoms with E-state index in [4.69, 9.17) is 16.3 Å². The van der Waals surface area contributed by atoms with Gasteiger partial charge in [0.25, 0.3) is 5.82 Å². The van der Waals surface area contributed by atoms with Gasteiger partial charge in [0.15, 0.2) is 0 Å². The van der Waals surface area contributed by atoms with Crippen LogP contribution in [0.15, 0.2) is 30.5 Å². The minimum absolute atomic E-state index is 0.103. The summed E-state index contributed by atoms with van der Waals surface area (Å²) in [7, 11) is 0. The van der Waals surface area contributed by atoms with E-state index < -0.39 is 11.7 Å². The second-order valence-electron chi connectivity index (χ2n) is 8.80. The Morgan fingerprint density at radius 1 is 1.20 bits per heavy atom. The summed E-state index contributed by atoms with van der Waals surface area (Å²) in [5.41, 5.74) is 1.70. The number of quaternary nitrogens is 1. The van der Waals surface area contributed by atoms with Crippen molar-refractivity contribution in [1.82, 2.24) is 0 Å². The Labute approximate surface area is 179 Å². The number of rotatable bonds is 3. The Bertz CT molecular complexity index is 924. The molecule has 1 saturated heterocycles. The number of aromatic nitrogens is 1. The molecule has 162 valence electrons. The van der Waals surface area contributed by atoms with Crippen LogP contribution >= 0.6 is 11.6 Å². The molecule has 1 aromatic heterocycles. The summed E-state index contributed by atoms with van der Waals surface area (Å²) in [5.74, 6) is 1.54. The maximum absolute atomic E-state index is 12.8. The van der Waals surface area contributed by atoms with Crippen molar-refractivity contribution in [3.63, 3.8) is 0 Å². The summed E-state index contributed by atoms with van der Waals surface area (Å²) in [5, 5.41) is 0.103. The maximum atomic E-state index is 12.8. The van der Waals surface area contributed by atoms with E-state index >= 15 is 0 Å². The molecule has 0 unspecified atom stereocenters. The van der Waals surface area contributed by atoms with Gasteiger partial charge in [0.1, 0.15) is 55.3 Å². The molecule has 3 heterocycles.